The molecular weight excluding hydrogens is 290 g/mol. The molecule has 0 aliphatic heterocycles. The Morgan fingerprint density at radius 3 is 2.76 bits per heavy atom. The second kappa shape index (κ2) is 7.29. The molecular formula is C15H12ClN3O2. The average molecular weight is 302 g/mol. The van der Waals surface area contributed by atoms with Crippen LogP contribution in [0.2, 0.25) is 5.02 Å². The molecule has 0 atom stereocenters. The van der Waals surface area contributed by atoms with E-state index in [2.05, 4.69) is 27.5 Å². The summed E-state index contributed by atoms with van der Waals surface area (Å²) in [5.74, 6) is 5.50. The first-order valence-corrected chi connectivity index (χ1v) is 6.46. The van der Waals surface area contributed by atoms with Gasteiger partial charge in [0.2, 0.25) is 0 Å². The summed E-state index contributed by atoms with van der Waals surface area (Å²) in [6.45, 7) is -0.244. The Labute approximate surface area is 127 Å². The number of rotatable bonds is 2. The molecule has 0 aliphatic rings. The minimum atomic E-state index is -0.456. The summed E-state index contributed by atoms with van der Waals surface area (Å²) in [5, 5.41) is 14.3. The lowest BCUT2D eigenvalue weighted by atomic mass is 10.3. The molecule has 0 aliphatic carbocycles. The monoisotopic (exact) mass is 301 g/mol. The van der Waals surface area contributed by atoms with E-state index in [1.807, 2.05) is 0 Å². The number of para-hydroxylation sites is 1. The quantitative estimate of drug-likeness (QED) is 0.747. The van der Waals surface area contributed by atoms with Crippen LogP contribution >= 0.6 is 11.6 Å². The molecule has 0 fully saturated rings. The Morgan fingerprint density at radius 2 is 2.00 bits per heavy atom. The topological polar surface area (TPSA) is 74.2 Å². The van der Waals surface area contributed by atoms with E-state index in [0.717, 1.165) is 0 Å². The summed E-state index contributed by atoms with van der Waals surface area (Å²) in [6, 6.07) is 11.5. The molecule has 5 nitrogen and oxygen atoms in total. The van der Waals surface area contributed by atoms with Crippen molar-refractivity contribution < 1.29 is 9.90 Å². The van der Waals surface area contributed by atoms with Crippen LogP contribution in [0.1, 0.15) is 5.69 Å². The molecule has 2 amide bonds. The molecule has 106 valence electrons. The van der Waals surface area contributed by atoms with Crippen LogP contribution < -0.4 is 10.6 Å². The van der Waals surface area contributed by atoms with Crippen molar-refractivity contribution in [1.29, 1.82) is 0 Å². The van der Waals surface area contributed by atoms with Gasteiger partial charge in [-0.15, -0.1) is 0 Å². The number of pyridine rings is 1. The Bertz CT molecular complexity index is 707. The van der Waals surface area contributed by atoms with Crippen molar-refractivity contribution in [3.05, 3.63) is 53.2 Å². The number of aromatic nitrogens is 1. The Morgan fingerprint density at radius 1 is 1.19 bits per heavy atom. The highest BCUT2D eigenvalue weighted by atomic mass is 35.5. The molecule has 0 saturated carbocycles. The van der Waals surface area contributed by atoms with Crippen LogP contribution in [0.5, 0.6) is 0 Å². The van der Waals surface area contributed by atoms with Gasteiger partial charge in [0.1, 0.15) is 18.1 Å². The van der Waals surface area contributed by atoms with E-state index in [0.29, 0.717) is 22.2 Å². The number of anilines is 2. The summed E-state index contributed by atoms with van der Waals surface area (Å²) >= 11 is 5.95. The van der Waals surface area contributed by atoms with E-state index >= 15 is 0 Å². The molecule has 2 aromatic rings. The van der Waals surface area contributed by atoms with Crippen LogP contribution in [0.25, 0.3) is 0 Å². The normalized spacial score (nSPS) is 9.43. The number of aliphatic hydroxyl groups is 1. The van der Waals surface area contributed by atoms with Gasteiger partial charge in [-0.3, -0.25) is 5.32 Å². The Kier molecular flexibility index (Phi) is 5.16. The molecule has 2 rings (SSSR count). The highest BCUT2D eigenvalue weighted by molar-refractivity contribution is 6.33. The first-order valence-electron chi connectivity index (χ1n) is 6.08. The largest absolute Gasteiger partial charge is 0.384 e. The number of halogens is 1. The number of urea groups is 1. The number of benzene rings is 1. The molecule has 1 heterocycles. The number of nitrogens with zero attached hydrogens (tertiary/aromatic N) is 1. The Balaban J connectivity index is 2.04. The van der Waals surface area contributed by atoms with Gasteiger partial charge in [-0.1, -0.05) is 35.7 Å². The van der Waals surface area contributed by atoms with Gasteiger partial charge in [-0.05, 0) is 30.2 Å². The fourth-order valence-electron chi connectivity index (χ4n) is 1.54. The number of hydrogen-bond donors (Lipinski definition) is 3. The summed E-state index contributed by atoms with van der Waals surface area (Å²) in [4.78, 5) is 16.0. The van der Waals surface area contributed by atoms with E-state index < -0.39 is 6.03 Å². The predicted octanol–water partition coefficient (Wildman–Crippen LogP) is 2.72. The minimum absolute atomic E-state index is 0.244. The molecule has 1 aromatic heterocycles. The number of carbonyl (C=O) groups excluding carboxylic acids is 1. The average Bonchev–Trinajstić information content (AvgIpc) is 2.48. The summed E-state index contributed by atoms with van der Waals surface area (Å²) < 4.78 is 0. The zero-order valence-electron chi connectivity index (χ0n) is 10.9. The fourth-order valence-corrected chi connectivity index (χ4v) is 1.72. The van der Waals surface area contributed by atoms with Gasteiger partial charge in [0.25, 0.3) is 0 Å². The van der Waals surface area contributed by atoms with Crippen LogP contribution in [0.3, 0.4) is 0 Å². The van der Waals surface area contributed by atoms with Gasteiger partial charge in [-0.2, -0.15) is 0 Å². The van der Waals surface area contributed by atoms with Crippen LogP contribution in [-0.4, -0.2) is 22.7 Å². The van der Waals surface area contributed by atoms with Crippen LogP contribution in [0.15, 0.2) is 42.5 Å². The van der Waals surface area contributed by atoms with Gasteiger partial charge in [0.05, 0.1) is 10.7 Å². The molecule has 1 aromatic carbocycles. The van der Waals surface area contributed by atoms with E-state index in [1.165, 1.54) is 0 Å². The third-order valence-corrected chi connectivity index (χ3v) is 2.74. The summed E-state index contributed by atoms with van der Waals surface area (Å²) in [5.41, 5.74) is 0.965. The highest BCUT2D eigenvalue weighted by Crippen LogP contribution is 2.20. The van der Waals surface area contributed by atoms with Gasteiger partial charge in [-0.25, -0.2) is 9.78 Å². The summed E-state index contributed by atoms with van der Waals surface area (Å²) in [6.07, 6.45) is 0. The lowest BCUT2D eigenvalue weighted by Crippen LogP contribution is -2.20. The molecule has 0 spiro atoms. The maximum absolute atomic E-state index is 11.9. The van der Waals surface area contributed by atoms with Gasteiger partial charge in [0, 0.05) is 0 Å². The van der Waals surface area contributed by atoms with E-state index in [1.54, 1.807) is 42.5 Å². The van der Waals surface area contributed by atoms with E-state index in [-0.39, 0.29) is 6.61 Å². The third-order valence-electron chi connectivity index (χ3n) is 2.41. The first-order chi connectivity index (χ1) is 10.2. The van der Waals surface area contributed by atoms with Crippen LogP contribution in [0.4, 0.5) is 16.3 Å². The lowest BCUT2D eigenvalue weighted by Gasteiger charge is -2.08. The van der Waals surface area contributed by atoms with Crippen molar-refractivity contribution in [1.82, 2.24) is 4.98 Å². The third kappa shape index (κ3) is 4.49. The standard InChI is InChI=1S/C15H12ClN3O2/c16-12-7-1-2-8-13(12)18-15(21)19-14-9-3-5-11(17-14)6-4-10-20/h1-3,5,7-9,20H,10H2,(H2,17,18,19,21). The molecule has 6 heteroatoms. The van der Waals surface area contributed by atoms with Gasteiger partial charge >= 0.3 is 6.03 Å². The van der Waals surface area contributed by atoms with Crippen molar-refractivity contribution in [2.45, 2.75) is 0 Å². The number of nitrogens with one attached hydrogen (secondary N) is 2. The molecule has 0 unspecified atom stereocenters. The van der Waals surface area contributed by atoms with E-state index in [9.17, 15) is 4.79 Å². The van der Waals surface area contributed by atoms with Gasteiger partial charge in [0.15, 0.2) is 0 Å². The predicted molar refractivity (Wildman–Crippen MR) is 82.3 cm³/mol. The zero-order chi connectivity index (χ0) is 15.1. The van der Waals surface area contributed by atoms with Gasteiger partial charge < -0.3 is 10.4 Å². The number of aliphatic hydroxyl groups excluding tert-OH is 1. The second-order valence-corrected chi connectivity index (χ2v) is 4.33. The molecule has 0 saturated heterocycles. The maximum Gasteiger partial charge on any atom is 0.324 e. The fraction of sp³-hybridized carbons (Fsp3) is 0.0667. The van der Waals surface area contributed by atoms with E-state index in [4.69, 9.17) is 16.7 Å². The maximum atomic E-state index is 11.9. The highest BCUT2D eigenvalue weighted by Gasteiger charge is 2.06. The second-order valence-electron chi connectivity index (χ2n) is 3.93. The van der Waals surface area contributed by atoms with Crippen LogP contribution in [-0.2, 0) is 0 Å². The number of hydrogen-bond acceptors (Lipinski definition) is 3. The zero-order valence-corrected chi connectivity index (χ0v) is 11.7. The number of amides is 2. The summed E-state index contributed by atoms with van der Waals surface area (Å²) in [7, 11) is 0. The molecule has 0 bridgehead atoms. The Hall–Kier alpha value is -2.55. The van der Waals surface area contributed by atoms with Crippen molar-refractivity contribution in [2.75, 3.05) is 17.2 Å². The SMILES string of the molecule is O=C(Nc1cccc(C#CCO)n1)Nc1ccccc1Cl. The minimum Gasteiger partial charge on any atom is -0.384 e. The van der Waals surface area contributed by atoms with Crippen molar-refractivity contribution in [3.8, 4) is 11.8 Å². The van der Waals surface area contributed by atoms with Crippen molar-refractivity contribution in [3.63, 3.8) is 0 Å². The molecule has 3 N–H and O–H groups in total. The first kappa shape index (κ1) is 14.9. The molecule has 0 radical (unpaired) electrons. The smallest absolute Gasteiger partial charge is 0.324 e. The van der Waals surface area contributed by atoms with Crippen molar-refractivity contribution >= 4 is 29.1 Å². The number of carbonyl (C=O) groups is 1. The molecule has 21 heavy (non-hydrogen) atoms. The van der Waals surface area contributed by atoms with Crippen LogP contribution in [0, 0.1) is 11.8 Å². The lowest BCUT2D eigenvalue weighted by molar-refractivity contribution is 0.262. The van der Waals surface area contributed by atoms with Crippen molar-refractivity contribution in [2.24, 2.45) is 0 Å².